The summed E-state index contributed by atoms with van der Waals surface area (Å²) in [4.78, 5) is 20.8. The lowest BCUT2D eigenvalue weighted by molar-refractivity contribution is -0.133. The normalized spacial score (nSPS) is 15.7. The molecule has 0 radical (unpaired) electrons. The quantitative estimate of drug-likeness (QED) is 0.538. The van der Waals surface area contributed by atoms with Crippen molar-refractivity contribution in [2.45, 2.75) is 6.42 Å². The number of carbonyl (C=O) groups is 2. The molecule has 0 amide bonds. The maximum absolute atomic E-state index is 10.4. The topological polar surface area (TPSA) is 86.6 Å². The first-order valence-electron chi connectivity index (χ1n) is 3.22. The van der Waals surface area contributed by atoms with E-state index in [4.69, 9.17) is 10.2 Å². The number of aliphatic carboxylic acids is 2. The number of rotatable bonds is 2. The van der Waals surface area contributed by atoms with Crippen LogP contribution in [0.1, 0.15) is 6.42 Å². The van der Waals surface area contributed by atoms with E-state index in [1.165, 1.54) is 12.4 Å². The Kier molecular flexibility index (Phi) is 2.14. The molecule has 1 heterocycles. The van der Waals surface area contributed by atoms with Gasteiger partial charge in [-0.15, -0.1) is 0 Å². The maximum atomic E-state index is 10.4. The van der Waals surface area contributed by atoms with Crippen LogP contribution in [-0.2, 0) is 9.59 Å². The van der Waals surface area contributed by atoms with Crippen molar-refractivity contribution < 1.29 is 19.8 Å². The molecular weight excluding hydrogens is 162 g/mol. The number of carboxylic acids is 2. The average Bonchev–Trinajstić information content (AvgIpc) is 2.04. The predicted octanol–water partition coefficient (Wildman–Crippen LogP) is -0.0833. The molecule has 1 aliphatic rings. The summed E-state index contributed by atoms with van der Waals surface area (Å²) in [5, 5.41) is 19.5. The lowest BCUT2D eigenvalue weighted by Crippen LogP contribution is -2.16. The molecule has 0 aliphatic carbocycles. The smallest absolute Gasteiger partial charge is 0.333 e. The first-order valence-corrected chi connectivity index (χ1v) is 3.22. The van der Waals surface area contributed by atoms with Gasteiger partial charge in [-0.2, -0.15) is 0 Å². The molecule has 5 heteroatoms. The molecule has 0 aromatic carbocycles. The SMILES string of the molecule is O=C(O)C1=CNC=C(C(=O)O)C1. The van der Waals surface area contributed by atoms with Crippen molar-refractivity contribution in [1.82, 2.24) is 5.32 Å². The Labute approximate surface area is 68.0 Å². The Hall–Kier alpha value is -1.78. The zero-order chi connectivity index (χ0) is 9.14. The van der Waals surface area contributed by atoms with Gasteiger partial charge < -0.3 is 15.5 Å². The summed E-state index contributed by atoms with van der Waals surface area (Å²) in [7, 11) is 0. The Balaban J connectivity index is 2.73. The van der Waals surface area contributed by atoms with Gasteiger partial charge in [0.2, 0.25) is 0 Å². The van der Waals surface area contributed by atoms with Crippen molar-refractivity contribution in [2.75, 3.05) is 0 Å². The van der Waals surface area contributed by atoms with Crippen LogP contribution in [0.5, 0.6) is 0 Å². The molecule has 5 nitrogen and oxygen atoms in total. The van der Waals surface area contributed by atoms with E-state index in [0.717, 1.165) is 0 Å². The molecule has 12 heavy (non-hydrogen) atoms. The molecule has 0 bridgehead atoms. The summed E-state index contributed by atoms with van der Waals surface area (Å²) < 4.78 is 0. The highest BCUT2D eigenvalue weighted by Gasteiger charge is 2.17. The Bertz CT molecular complexity index is 262. The standard InChI is InChI=1S/C7H7NO4/c9-6(10)4-1-5(7(11)12)3-8-2-4/h2-3,8H,1H2,(H,9,10)(H,11,12). The largest absolute Gasteiger partial charge is 0.478 e. The van der Waals surface area contributed by atoms with Crippen molar-refractivity contribution in [3.05, 3.63) is 23.5 Å². The Morgan fingerprint density at radius 2 is 1.58 bits per heavy atom. The van der Waals surface area contributed by atoms with E-state index in [0.29, 0.717) is 0 Å². The molecule has 0 aromatic heterocycles. The van der Waals surface area contributed by atoms with Crippen LogP contribution in [0.25, 0.3) is 0 Å². The van der Waals surface area contributed by atoms with Crippen molar-refractivity contribution >= 4 is 11.9 Å². The van der Waals surface area contributed by atoms with Crippen LogP contribution in [-0.4, -0.2) is 22.2 Å². The molecule has 64 valence electrons. The molecule has 0 unspecified atom stereocenters. The summed E-state index contributed by atoms with van der Waals surface area (Å²) in [6, 6.07) is 0. The first-order chi connectivity index (χ1) is 5.61. The van der Waals surface area contributed by atoms with E-state index in [-0.39, 0.29) is 17.6 Å². The molecule has 0 spiro atoms. The van der Waals surface area contributed by atoms with Gasteiger partial charge >= 0.3 is 11.9 Å². The summed E-state index contributed by atoms with van der Waals surface area (Å²) in [6.45, 7) is 0. The van der Waals surface area contributed by atoms with Gasteiger partial charge in [-0.1, -0.05) is 0 Å². The third kappa shape index (κ3) is 1.63. The summed E-state index contributed by atoms with van der Waals surface area (Å²) >= 11 is 0. The molecule has 3 N–H and O–H groups in total. The van der Waals surface area contributed by atoms with E-state index in [2.05, 4.69) is 5.32 Å². The molecule has 0 atom stereocenters. The van der Waals surface area contributed by atoms with Gasteiger partial charge in [-0.3, -0.25) is 0 Å². The number of dihydropyridines is 1. The lowest BCUT2D eigenvalue weighted by atomic mass is 10.1. The lowest BCUT2D eigenvalue weighted by Gasteiger charge is -2.08. The molecular formula is C7H7NO4. The van der Waals surface area contributed by atoms with E-state index in [9.17, 15) is 9.59 Å². The van der Waals surface area contributed by atoms with Gasteiger partial charge in [0.15, 0.2) is 0 Å². The summed E-state index contributed by atoms with van der Waals surface area (Å²) in [5.74, 6) is -2.20. The van der Waals surface area contributed by atoms with E-state index in [1.54, 1.807) is 0 Å². The summed E-state index contributed by atoms with van der Waals surface area (Å²) in [6.07, 6.45) is 2.50. The minimum Gasteiger partial charge on any atom is -0.478 e. The number of hydrogen-bond acceptors (Lipinski definition) is 3. The van der Waals surface area contributed by atoms with Gasteiger partial charge in [0.1, 0.15) is 0 Å². The molecule has 1 aliphatic heterocycles. The third-order valence-electron chi connectivity index (χ3n) is 1.45. The number of hydrogen-bond donors (Lipinski definition) is 3. The predicted molar refractivity (Wildman–Crippen MR) is 39.2 cm³/mol. The molecule has 0 saturated heterocycles. The first kappa shape index (κ1) is 8.32. The Morgan fingerprint density at radius 3 is 1.92 bits per heavy atom. The second-order valence-electron chi connectivity index (χ2n) is 2.29. The van der Waals surface area contributed by atoms with Crippen LogP contribution >= 0.6 is 0 Å². The number of carboxylic acid groups (broad SMARTS) is 2. The van der Waals surface area contributed by atoms with Crippen LogP contribution < -0.4 is 5.32 Å². The highest BCUT2D eigenvalue weighted by atomic mass is 16.4. The second kappa shape index (κ2) is 3.08. The fraction of sp³-hybridized carbons (Fsp3) is 0.143. The molecule has 0 aromatic rings. The van der Waals surface area contributed by atoms with E-state index >= 15 is 0 Å². The molecule has 0 fully saturated rings. The zero-order valence-corrected chi connectivity index (χ0v) is 6.07. The second-order valence-corrected chi connectivity index (χ2v) is 2.29. The van der Waals surface area contributed by atoms with Crippen LogP contribution in [0.3, 0.4) is 0 Å². The monoisotopic (exact) mass is 169 g/mol. The van der Waals surface area contributed by atoms with Crippen LogP contribution in [0.4, 0.5) is 0 Å². The van der Waals surface area contributed by atoms with Gasteiger partial charge in [0, 0.05) is 18.8 Å². The highest BCUT2D eigenvalue weighted by Crippen LogP contribution is 2.13. The van der Waals surface area contributed by atoms with Gasteiger partial charge in [0.25, 0.3) is 0 Å². The number of nitrogens with one attached hydrogen (secondary N) is 1. The van der Waals surface area contributed by atoms with Crippen molar-refractivity contribution in [1.29, 1.82) is 0 Å². The Morgan fingerprint density at radius 1 is 1.17 bits per heavy atom. The van der Waals surface area contributed by atoms with Crippen LogP contribution in [0.15, 0.2) is 23.5 Å². The third-order valence-corrected chi connectivity index (χ3v) is 1.45. The van der Waals surface area contributed by atoms with E-state index in [1.807, 2.05) is 0 Å². The maximum Gasteiger partial charge on any atom is 0.333 e. The van der Waals surface area contributed by atoms with Gasteiger partial charge in [-0.05, 0) is 0 Å². The molecule has 0 saturated carbocycles. The van der Waals surface area contributed by atoms with Gasteiger partial charge in [0.05, 0.1) is 11.1 Å². The molecule has 1 rings (SSSR count). The van der Waals surface area contributed by atoms with Gasteiger partial charge in [-0.25, -0.2) is 9.59 Å². The van der Waals surface area contributed by atoms with Crippen molar-refractivity contribution in [3.8, 4) is 0 Å². The van der Waals surface area contributed by atoms with Crippen LogP contribution in [0, 0.1) is 0 Å². The zero-order valence-electron chi connectivity index (χ0n) is 6.07. The van der Waals surface area contributed by atoms with E-state index < -0.39 is 11.9 Å². The fourth-order valence-corrected chi connectivity index (χ4v) is 0.825. The fourth-order valence-electron chi connectivity index (χ4n) is 0.825. The average molecular weight is 169 g/mol. The van der Waals surface area contributed by atoms with Crippen LogP contribution in [0.2, 0.25) is 0 Å². The van der Waals surface area contributed by atoms with Crippen molar-refractivity contribution in [3.63, 3.8) is 0 Å². The highest BCUT2D eigenvalue weighted by molar-refractivity contribution is 5.93. The van der Waals surface area contributed by atoms with Crippen molar-refractivity contribution in [2.24, 2.45) is 0 Å². The summed E-state index contributed by atoms with van der Waals surface area (Å²) in [5.41, 5.74) is 0.102. The minimum atomic E-state index is -1.10. The minimum absolute atomic E-state index is 0.0440.